The largest absolute Gasteiger partial charge is 0.486 e. The summed E-state index contributed by atoms with van der Waals surface area (Å²) in [6.07, 6.45) is 0. The fourth-order valence-electron chi connectivity index (χ4n) is 4.06. The van der Waals surface area contributed by atoms with Gasteiger partial charge in [-0.05, 0) is 26.0 Å². The standard InChI is InChI=1S/C25H25N3O4S2/c1-15-6-8-17(9-7-15)21-23(34-16(2)27-21)25(30)28-10-13-33-20(28)14-26-24(29)18-4-3-5-19-22(18)32-12-11-31-19/h3-9,20H,10-14H2,1-2H3,(H,26,29). The monoisotopic (exact) mass is 495 g/mol. The van der Waals surface area contributed by atoms with E-state index in [9.17, 15) is 9.59 Å². The van der Waals surface area contributed by atoms with Crippen molar-refractivity contribution in [2.75, 3.05) is 32.1 Å². The Bertz CT molecular complexity index is 1230. The summed E-state index contributed by atoms with van der Waals surface area (Å²) in [4.78, 5) is 33.6. The quantitative estimate of drug-likeness (QED) is 0.573. The van der Waals surface area contributed by atoms with Crippen LogP contribution in [0, 0.1) is 13.8 Å². The first-order chi connectivity index (χ1) is 16.5. The van der Waals surface area contributed by atoms with Crippen LogP contribution in [-0.4, -0.2) is 59.1 Å². The van der Waals surface area contributed by atoms with Crippen LogP contribution in [0.15, 0.2) is 42.5 Å². The topological polar surface area (TPSA) is 80.8 Å². The zero-order chi connectivity index (χ0) is 23.7. The molecule has 1 N–H and O–H groups in total. The van der Waals surface area contributed by atoms with E-state index in [2.05, 4.69) is 10.3 Å². The van der Waals surface area contributed by atoms with Crippen molar-refractivity contribution in [3.8, 4) is 22.8 Å². The number of aromatic nitrogens is 1. The summed E-state index contributed by atoms with van der Waals surface area (Å²) in [5.74, 6) is 1.59. The molecule has 2 aliphatic rings. The lowest BCUT2D eigenvalue weighted by Crippen LogP contribution is -2.42. The lowest BCUT2D eigenvalue weighted by atomic mass is 10.1. The zero-order valence-corrected chi connectivity index (χ0v) is 20.6. The van der Waals surface area contributed by atoms with Crippen molar-refractivity contribution in [2.24, 2.45) is 0 Å². The Morgan fingerprint density at radius 1 is 1.12 bits per heavy atom. The van der Waals surface area contributed by atoms with Crippen LogP contribution in [-0.2, 0) is 0 Å². The van der Waals surface area contributed by atoms with Crippen LogP contribution in [0.5, 0.6) is 11.5 Å². The van der Waals surface area contributed by atoms with Gasteiger partial charge in [0.15, 0.2) is 11.5 Å². The number of ether oxygens (including phenoxy) is 2. The maximum Gasteiger partial charge on any atom is 0.267 e. The molecule has 7 nitrogen and oxygen atoms in total. The number of hydrogen-bond acceptors (Lipinski definition) is 7. The lowest BCUT2D eigenvalue weighted by molar-refractivity contribution is 0.0755. The molecule has 3 aromatic rings. The summed E-state index contributed by atoms with van der Waals surface area (Å²) in [7, 11) is 0. The van der Waals surface area contributed by atoms with Gasteiger partial charge in [-0.1, -0.05) is 35.9 Å². The third-order valence-corrected chi connectivity index (χ3v) is 7.94. The zero-order valence-electron chi connectivity index (χ0n) is 19.0. The Morgan fingerprint density at radius 3 is 2.74 bits per heavy atom. The Kier molecular flexibility index (Phi) is 6.47. The van der Waals surface area contributed by atoms with E-state index in [1.165, 1.54) is 11.3 Å². The number of nitrogens with zero attached hydrogens (tertiary/aromatic N) is 2. The molecular formula is C25H25N3O4S2. The molecule has 0 bridgehead atoms. The maximum absolute atomic E-state index is 13.6. The predicted octanol–water partition coefficient (Wildman–Crippen LogP) is 4.14. The average molecular weight is 496 g/mol. The number of hydrogen-bond donors (Lipinski definition) is 1. The highest BCUT2D eigenvalue weighted by atomic mass is 32.2. The molecule has 1 atom stereocenters. The average Bonchev–Trinajstić information content (AvgIpc) is 3.49. The van der Waals surface area contributed by atoms with E-state index in [0.29, 0.717) is 48.2 Å². The smallest absolute Gasteiger partial charge is 0.267 e. The first-order valence-electron chi connectivity index (χ1n) is 11.1. The molecule has 2 aromatic carbocycles. The van der Waals surface area contributed by atoms with Crippen molar-refractivity contribution in [1.29, 1.82) is 0 Å². The normalized spacial score (nSPS) is 17.0. The molecule has 0 spiro atoms. The van der Waals surface area contributed by atoms with E-state index in [0.717, 1.165) is 27.6 Å². The van der Waals surface area contributed by atoms with Gasteiger partial charge in [0.2, 0.25) is 0 Å². The van der Waals surface area contributed by atoms with Crippen molar-refractivity contribution in [1.82, 2.24) is 15.2 Å². The molecule has 34 heavy (non-hydrogen) atoms. The molecule has 9 heteroatoms. The first-order valence-corrected chi connectivity index (χ1v) is 13.0. The van der Waals surface area contributed by atoms with Crippen molar-refractivity contribution >= 4 is 34.9 Å². The number of thiazole rings is 1. The molecule has 5 rings (SSSR count). The molecule has 0 aliphatic carbocycles. The summed E-state index contributed by atoms with van der Waals surface area (Å²) in [6, 6.07) is 13.4. The van der Waals surface area contributed by atoms with Crippen molar-refractivity contribution in [3.05, 3.63) is 63.5 Å². The molecule has 1 aromatic heterocycles. The minimum absolute atomic E-state index is 0.0424. The summed E-state index contributed by atoms with van der Waals surface area (Å²) < 4.78 is 11.2. The first kappa shape index (κ1) is 22.7. The molecule has 0 saturated carbocycles. The third-order valence-electron chi connectivity index (χ3n) is 5.75. The second kappa shape index (κ2) is 9.68. The number of benzene rings is 2. The number of aryl methyl sites for hydroxylation is 2. The summed E-state index contributed by atoms with van der Waals surface area (Å²) in [5, 5.41) is 3.69. The van der Waals surface area contributed by atoms with Gasteiger partial charge < -0.3 is 19.7 Å². The Morgan fingerprint density at radius 2 is 1.91 bits per heavy atom. The highest BCUT2D eigenvalue weighted by Crippen LogP contribution is 2.35. The van der Waals surface area contributed by atoms with E-state index in [1.807, 2.05) is 43.0 Å². The van der Waals surface area contributed by atoms with Crippen LogP contribution in [0.1, 0.15) is 30.6 Å². The van der Waals surface area contributed by atoms with Crippen LogP contribution in [0.25, 0.3) is 11.3 Å². The Labute approximate surface area is 206 Å². The molecule has 1 unspecified atom stereocenters. The van der Waals surface area contributed by atoms with Gasteiger partial charge >= 0.3 is 0 Å². The van der Waals surface area contributed by atoms with Gasteiger partial charge in [-0.25, -0.2) is 4.98 Å². The third kappa shape index (κ3) is 4.50. The lowest BCUT2D eigenvalue weighted by Gasteiger charge is -2.24. The molecule has 0 radical (unpaired) electrons. The molecule has 3 heterocycles. The van der Waals surface area contributed by atoms with Crippen LogP contribution in [0.2, 0.25) is 0 Å². The number of fused-ring (bicyclic) bond motifs is 1. The fraction of sp³-hybridized carbons (Fsp3) is 0.320. The number of carbonyl (C=O) groups is 2. The summed E-state index contributed by atoms with van der Waals surface area (Å²) in [6.45, 7) is 5.81. The van der Waals surface area contributed by atoms with Gasteiger partial charge in [0.1, 0.15) is 18.1 Å². The number of nitrogens with one attached hydrogen (secondary N) is 1. The second-order valence-corrected chi connectivity index (χ2v) is 10.6. The van der Waals surface area contributed by atoms with E-state index >= 15 is 0 Å². The van der Waals surface area contributed by atoms with Gasteiger partial charge in [0.05, 0.1) is 21.6 Å². The molecule has 1 fully saturated rings. The second-order valence-electron chi connectivity index (χ2n) is 8.14. The molecule has 2 amide bonds. The van der Waals surface area contributed by atoms with Gasteiger partial charge in [0, 0.05) is 24.4 Å². The number of amides is 2. The minimum atomic E-state index is -0.240. The van der Waals surface area contributed by atoms with Gasteiger partial charge in [-0.2, -0.15) is 0 Å². The summed E-state index contributed by atoms with van der Waals surface area (Å²) >= 11 is 3.09. The van der Waals surface area contributed by atoms with Crippen molar-refractivity contribution in [3.63, 3.8) is 0 Å². The number of thioether (sulfide) groups is 1. The van der Waals surface area contributed by atoms with Crippen LogP contribution in [0.3, 0.4) is 0 Å². The Balaban J connectivity index is 1.31. The number of rotatable bonds is 5. The highest BCUT2D eigenvalue weighted by molar-refractivity contribution is 8.00. The predicted molar refractivity (Wildman–Crippen MR) is 134 cm³/mol. The molecule has 176 valence electrons. The van der Waals surface area contributed by atoms with E-state index in [1.54, 1.807) is 30.0 Å². The van der Waals surface area contributed by atoms with Gasteiger partial charge in [-0.3, -0.25) is 9.59 Å². The van der Waals surface area contributed by atoms with Gasteiger partial charge in [0.25, 0.3) is 11.8 Å². The van der Waals surface area contributed by atoms with Crippen molar-refractivity contribution < 1.29 is 19.1 Å². The SMILES string of the molecule is Cc1ccc(-c2nc(C)sc2C(=O)N2CCSC2CNC(=O)c2cccc3c2OCCO3)cc1. The fourth-order valence-corrected chi connectivity index (χ4v) is 6.11. The van der Waals surface area contributed by atoms with E-state index in [-0.39, 0.29) is 17.2 Å². The number of carbonyl (C=O) groups excluding carboxylic acids is 2. The highest BCUT2D eigenvalue weighted by Gasteiger charge is 2.33. The van der Waals surface area contributed by atoms with E-state index < -0.39 is 0 Å². The maximum atomic E-state index is 13.6. The Hall–Kier alpha value is -3.04. The van der Waals surface area contributed by atoms with E-state index in [4.69, 9.17) is 9.47 Å². The minimum Gasteiger partial charge on any atom is -0.486 e. The van der Waals surface area contributed by atoms with Crippen LogP contribution in [0.4, 0.5) is 0 Å². The van der Waals surface area contributed by atoms with Gasteiger partial charge in [-0.15, -0.1) is 23.1 Å². The van der Waals surface area contributed by atoms with Crippen LogP contribution < -0.4 is 14.8 Å². The molecular weight excluding hydrogens is 470 g/mol. The summed E-state index contributed by atoms with van der Waals surface area (Å²) in [5.41, 5.74) is 3.26. The molecule has 1 saturated heterocycles. The van der Waals surface area contributed by atoms with Crippen LogP contribution >= 0.6 is 23.1 Å². The van der Waals surface area contributed by atoms with Crippen molar-refractivity contribution in [2.45, 2.75) is 19.2 Å². The molecule has 2 aliphatic heterocycles. The number of para-hydroxylation sites is 1.